The number of anilines is 3. The van der Waals surface area contributed by atoms with Gasteiger partial charge >= 0.3 is 6.18 Å². The van der Waals surface area contributed by atoms with E-state index < -0.39 is 22.7 Å². The largest absolute Gasteiger partial charge is 0.417 e. The molecule has 5 rings (SSSR count). The minimum atomic E-state index is -4.62. The normalized spacial score (nSPS) is 11.7. The predicted molar refractivity (Wildman–Crippen MR) is 129 cm³/mol. The molecule has 9 nitrogen and oxygen atoms in total. The van der Waals surface area contributed by atoms with Crippen molar-refractivity contribution in [3.05, 3.63) is 71.8 Å². The van der Waals surface area contributed by atoms with Crippen LogP contribution in [0.3, 0.4) is 0 Å². The van der Waals surface area contributed by atoms with E-state index in [2.05, 4.69) is 31.0 Å². The van der Waals surface area contributed by atoms with Crippen molar-refractivity contribution in [3.8, 4) is 11.1 Å². The third-order valence-electron chi connectivity index (χ3n) is 5.36. The van der Waals surface area contributed by atoms with Gasteiger partial charge in [0.15, 0.2) is 5.82 Å². The van der Waals surface area contributed by atoms with Crippen LogP contribution in [0.1, 0.15) is 5.56 Å². The molecule has 184 valence electrons. The maximum absolute atomic E-state index is 13.1. The summed E-state index contributed by atoms with van der Waals surface area (Å²) < 4.78 is 42.2. The third-order valence-corrected chi connectivity index (χ3v) is 5.69. The van der Waals surface area contributed by atoms with E-state index in [-0.39, 0.29) is 12.2 Å². The number of aryl methyl sites for hydroxylation is 1. The van der Waals surface area contributed by atoms with Gasteiger partial charge in [0, 0.05) is 36.1 Å². The van der Waals surface area contributed by atoms with Gasteiger partial charge in [0.1, 0.15) is 6.54 Å². The number of carbonyl (C=O) groups is 1. The Labute approximate surface area is 206 Å². The molecule has 0 aliphatic carbocycles. The maximum atomic E-state index is 13.1. The van der Waals surface area contributed by atoms with Gasteiger partial charge in [0.25, 0.3) is 0 Å². The summed E-state index contributed by atoms with van der Waals surface area (Å²) >= 11 is 5.62. The van der Waals surface area contributed by atoms with Gasteiger partial charge in [-0.3, -0.25) is 19.3 Å². The van der Waals surface area contributed by atoms with Crippen molar-refractivity contribution in [2.45, 2.75) is 12.7 Å². The summed E-state index contributed by atoms with van der Waals surface area (Å²) in [6, 6.07) is 8.92. The van der Waals surface area contributed by atoms with Crippen LogP contribution in [0.2, 0.25) is 5.02 Å². The second kappa shape index (κ2) is 9.04. The molecule has 1 amide bonds. The minimum absolute atomic E-state index is 0.00972. The molecule has 0 aliphatic rings. The van der Waals surface area contributed by atoms with Crippen LogP contribution in [0, 0.1) is 0 Å². The maximum Gasteiger partial charge on any atom is 0.417 e. The molecule has 0 saturated heterocycles. The number of benzene rings is 2. The highest BCUT2D eigenvalue weighted by Gasteiger charge is 2.33. The number of nitrogens with zero attached hydrogens (tertiary/aromatic N) is 5. The Balaban J connectivity index is 1.28. The second-order valence-corrected chi connectivity index (χ2v) is 8.43. The minimum Gasteiger partial charge on any atom is -0.336 e. The molecule has 0 aliphatic heterocycles. The van der Waals surface area contributed by atoms with E-state index in [9.17, 15) is 18.0 Å². The fourth-order valence-corrected chi connectivity index (χ4v) is 3.91. The van der Waals surface area contributed by atoms with Gasteiger partial charge in [-0.15, -0.1) is 0 Å². The molecule has 0 fully saturated rings. The fourth-order valence-electron chi connectivity index (χ4n) is 3.68. The molecular weight excluding hydrogens is 497 g/mol. The SMILES string of the molecule is Cn1cc(Nc2n[nH]c3cc(-c4cnn(CC(=O)Nc5ccc(Cl)c(C(F)(F)F)c5)c4)ccc23)cn1. The summed E-state index contributed by atoms with van der Waals surface area (Å²) in [4.78, 5) is 12.4. The van der Waals surface area contributed by atoms with Gasteiger partial charge in [0.05, 0.1) is 34.2 Å². The Morgan fingerprint density at radius 1 is 1.06 bits per heavy atom. The van der Waals surface area contributed by atoms with Crippen LogP contribution in [-0.2, 0) is 24.6 Å². The number of carbonyl (C=O) groups excluding carboxylic acids is 1. The monoisotopic (exact) mass is 514 g/mol. The second-order valence-electron chi connectivity index (χ2n) is 8.03. The molecule has 3 aromatic heterocycles. The molecule has 13 heteroatoms. The molecule has 3 N–H and O–H groups in total. The van der Waals surface area contributed by atoms with Crippen molar-refractivity contribution in [1.29, 1.82) is 0 Å². The van der Waals surface area contributed by atoms with Crippen LogP contribution in [-0.4, -0.2) is 35.7 Å². The molecule has 5 aromatic rings. The topological polar surface area (TPSA) is 105 Å². The summed E-state index contributed by atoms with van der Waals surface area (Å²) in [5.41, 5.74) is 2.18. The van der Waals surface area contributed by atoms with Crippen molar-refractivity contribution in [3.63, 3.8) is 0 Å². The number of hydrogen-bond donors (Lipinski definition) is 3. The van der Waals surface area contributed by atoms with Gasteiger partial charge in [-0.1, -0.05) is 17.7 Å². The lowest BCUT2D eigenvalue weighted by atomic mass is 10.1. The standard InChI is InChI=1S/C23H18ClF3N8O/c1-34-11-16(9-28-34)31-22-17-4-2-13(6-20(17)32-33-22)14-8-29-35(10-14)12-21(36)30-15-3-5-19(24)18(7-15)23(25,26)27/h2-11H,12H2,1H3,(H,30,36)(H2,31,32,33). The Morgan fingerprint density at radius 2 is 1.89 bits per heavy atom. The summed E-state index contributed by atoms with van der Waals surface area (Å²) in [6.07, 6.45) is 2.18. The molecule has 0 saturated carbocycles. The zero-order valence-electron chi connectivity index (χ0n) is 18.6. The summed E-state index contributed by atoms with van der Waals surface area (Å²) in [5.74, 6) is 0.128. The molecule has 0 atom stereocenters. The van der Waals surface area contributed by atoms with Crippen molar-refractivity contribution in [2.24, 2.45) is 7.05 Å². The van der Waals surface area contributed by atoms with Gasteiger partial charge in [-0.05, 0) is 35.9 Å². The fraction of sp³-hybridized carbons (Fsp3) is 0.130. The number of nitrogens with one attached hydrogen (secondary N) is 3. The van der Waals surface area contributed by atoms with E-state index in [1.165, 1.54) is 10.7 Å². The molecular formula is C23H18ClF3N8O. The van der Waals surface area contributed by atoms with E-state index >= 15 is 0 Å². The molecule has 2 aromatic carbocycles. The smallest absolute Gasteiger partial charge is 0.336 e. The Hall–Kier alpha value is -4.32. The number of H-pyrrole nitrogens is 1. The van der Waals surface area contributed by atoms with Crippen molar-refractivity contribution < 1.29 is 18.0 Å². The van der Waals surface area contributed by atoms with Crippen LogP contribution in [0.5, 0.6) is 0 Å². The average molecular weight is 515 g/mol. The lowest BCUT2D eigenvalue weighted by Gasteiger charge is -2.11. The molecule has 0 radical (unpaired) electrons. The lowest BCUT2D eigenvalue weighted by Crippen LogP contribution is -2.19. The number of halogens is 4. The van der Waals surface area contributed by atoms with Gasteiger partial charge < -0.3 is 10.6 Å². The lowest BCUT2D eigenvalue weighted by molar-refractivity contribution is -0.137. The number of aromatic amines is 1. The van der Waals surface area contributed by atoms with Crippen molar-refractivity contribution in [2.75, 3.05) is 10.6 Å². The van der Waals surface area contributed by atoms with E-state index in [4.69, 9.17) is 11.6 Å². The molecule has 0 spiro atoms. The summed E-state index contributed by atoms with van der Waals surface area (Å²) in [5, 5.41) is 21.7. The number of alkyl halides is 3. The van der Waals surface area contributed by atoms with E-state index in [1.807, 2.05) is 31.4 Å². The number of fused-ring (bicyclic) bond motifs is 1. The Kier molecular flexibility index (Phi) is 5.88. The highest BCUT2D eigenvalue weighted by molar-refractivity contribution is 6.31. The molecule has 36 heavy (non-hydrogen) atoms. The molecule has 0 bridgehead atoms. The highest BCUT2D eigenvalue weighted by atomic mass is 35.5. The molecule has 0 unspecified atom stereocenters. The van der Waals surface area contributed by atoms with E-state index in [0.717, 1.165) is 39.8 Å². The Bertz CT molecular complexity index is 1570. The zero-order valence-corrected chi connectivity index (χ0v) is 19.4. The average Bonchev–Trinajstić information content (AvgIpc) is 3.55. The van der Waals surface area contributed by atoms with Crippen molar-refractivity contribution in [1.82, 2.24) is 29.8 Å². The quantitative estimate of drug-likeness (QED) is 0.288. The van der Waals surface area contributed by atoms with Crippen LogP contribution in [0.25, 0.3) is 22.0 Å². The first kappa shape index (κ1) is 23.4. The number of amides is 1. The Morgan fingerprint density at radius 3 is 2.64 bits per heavy atom. The highest BCUT2D eigenvalue weighted by Crippen LogP contribution is 2.36. The first-order valence-electron chi connectivity index (χ1n) is 10.6. The van der Waals surface area contributed by atoms with Crippen molar-refractivity contribution >= 4 is 45.6 Å². The van der Waals surface area contributed by atoms with Gasteiger partial charge in [0.2, 0.25) is 5.91 Å². The van der Waals surface area contributed by atoms with Crippen LogP contribution in [0.4, 0.5) is 30.4 Å². The van der Waals surface area contributed by atoms with Crippen LogP contribution >= 0.6 is 11.6 Å². The van der Waals surface area contributed by atoms with Crippen LogP contribution in [0.15, 0.2) is 61.2 Å². The van der Waals surface area contributed by atoms with Gasteiger partial charge in [-0.25, -0.2) is 0 Å². The first-order valence-corrected chi connectivity index (χ1v) is 11.0. The zero-order chi connectivity index (χ0) is 25.4. The van der Waals surface area contributed by atoms with Gasteiger partial charge in [-0.2, -0.15) is 28.5 Å². The number of hydrogen-bond acceptors (Lipinski definition) is 5. The van der Waals surface area contributed by atoms with E-state index in [1.54, 1.807) is 23.3 Å². The number of rotatable bonds is 6. The number of aromatic nitrogens is 6. The predicted octanol–water partition coefficient (Wildman–Crippen LogP) is 5.21. The van der Waals surface area contributed by atoms with Crippen LogP contribution < -0.4 is 10.6 Å². The summed E-state index contributed by atoms with van der Waals surface area (Å²) in [7, 11) is 1.82. The van der Waals surface area contributed by atoms with E-state index in [0.29, 0.717) is 5.82 Å². The first-order chi connectivity index (χ1) is 17.2. The summed E-state index contributed by atoms with van der Waals surface area (Å²) in [6.45, 7) is -0.185. The third kappa shape index (κ3) is 4.89. The molecule has 3 heterocycles.